The highest BCUT2D eigenvalue weighted by Crippen LogP contribution is 2.29. The lowest BCUT2D eigenvalue weighted by molar-refractivity contribution is 0.221. The third-order valence-corrected chi connectivity index (χ3v) is 6.28. The summed E-state index contributed by atoms with van der Waals surface area (Å²) in [6, 6.07) is 0.637. The molecule has 1 N–H and O–H groups in total. The van der Waals surface area contributed by atoms with Gasteiger partial charge in [0, 0.05) is 19.1 Å². The van der Waals surface area contributed by atoms with Gasteiger partial charge in [-0.1, -0.05) is 13.8 Å². The summed E-state index contributed by atoms with van der Waals surface area (Å²) < 4.78 is 24.6. The second-order valence-electron chi connectivity index (χ2n) is 6.65. The first-order valence-electron chi connectivity index (χ1n) is 7.54. The molecule has 5 heteroatoms. The Hall–Kier alpha value is -0.130. The zero-order chi connectivity index (χ0) is 14.0. The minimum absolute atomic E-state index is 0.490. The van der Waals surface area contributed by atoms with Crippen LogP contribution in [0.15, 0.2) is 0 Å². The summed E-state index contributed by atoms with van der Waals surface area (Å²) in [5.41, 5.74) is 0. The molecule has 0 aromatic carbocycles. The number of nitrogens with zero attached hydrogens (tertiary/aromatic N) is 1. The van der Waals surface area contributed by atoms with Gasteiger partial charge in [-0.2, -0.15) is 0 Å². The average molecular weight is 288 g/mol. The van der Waals surface area contributed by atoms with Gasteiger partial charge in [0.15, 0.2) is 0 Å². The SMILES string of the molecule is CC1CCC(NCC2CCN(S(C)(=O)=O)C2)CC1C. The molecule has 0 amide bonds. The second kappa shape index (κ2) is 6.10. The average Bonchev–Trinajstić information content (AvgIpc) is 2.79. The van der Waals surface area contributed by atoms with Crippen LogP contribution >= 0.6 is 0 Å². The van der Waals surface area contributed by atoms with Crippen LogP contribution in [0.25, 0.3) is 0 Å². The molecule has 2 aliphatic rings. The molecule has 2 fully saturated rings. The normalized spacial score (nSPS) is 37.6. The highest BCUT2D eigenvalue weighted by atomic mass is 32.2. The summed E-state index contributed by atoms with van der Waals surface area (Å²) in [4.78, 5) is 0. The van der Waals surface area contributed by atoms with E-state index in [1.807, 2.05) is 0 Å². The Balaban J connectivity index is 1.72. The van der Waals surface area contributed by atoms with E-state index in [-0.39, 0.29) is 0 Å². The van der Waals surface area contributed by atoms with Crippen LogP contribution in [-0.2, 0) is 10.0 Å². The molecule has 1 saturated carbocycles. The maximum absolute atomic E-state index is 11.5. The van der Waals surface area contributed by atoms with Gasteiger partial charge in [0.05, 0.1) is 6.26 Å². The van der Waals surface area contributed by atoms with Crippen molar-refractivity contribution in [1.82, 2.24) is 9.62 Å². The lowest BCUT2D eigenvalue weighted by Gasteiger charge is -2.33. The molecule has 0 bridgehead atoms. The van der Waals surface area contributed by atoms with E-state index in [1.165, 1.54) is 25.5 Å². The Bertz CT molecular complexity index is 396. The van der Waals surface area contributed by atoms with Crippen LogP contribution in [0.1, 0.15) is 39.5 Å². The van der Waals surface area contributed by atoms with Crippen LogP contribution in [0, 0.1) is 17.8 Å². The number of sulfonamides is 1. The molecule has 4 unspecified atom stereocenters. The molecule has 0 spiro atoms. The van der Waals surface area contributed by atoms with Gasteiger partial charge >= 0.3 is 0 Å². The highest BCUT2D eigenvalue weighted by molar-refractivity contribution is 7.88. The summed E-state index contributed by atoms with van der Waals surface area (Å²) in [6.45, 7) is 7.06. The molecular weight excluding hydrogens is 260 g/mol. The van der Waals surface area contributed by atoms with Gasteiger partial charge in [-0.05, 0) is 50.0 Å². The van der Waals surface area contributed by atoms with Gasteiger partial charge in [-0.25, -0.2) is 12.7 Å². The lowest BCUT2D eigenvalue weighted by Crippen LogP contribution is -2.39. The third-order valence-electron chi connectivity index (χ3n) is 5.01. The van der Waals surface area contributed by atoms with E-state index >= 15 is 0 Å². The van der Waals surface area contributed by atoms with E-state index in [0.29, 0.717) is 25.0 Å². The van der Waals surface area contributed by atoms with E-state index < -0.39 is 10.0 Å². The summed E-state index contributed by atoms with van der Waals surface area (Å²) in [6.07, 6.45) is 6.17. The highest BCUT2D eigenvalue weighted by Gasteiger charge is 2.30. The third kappa shape index (κ3) is 4.17. The Morgan fingerprint density at radius 1 is 1.16 bits per heavy atom. The van der Waals surface area contributed by atoms with Crippen LogP contribution in [-0.4, -0.2) is 44.7 Å². The lowest BCUT2D eigenvalue weighted by atomic mass is 9.79. The van der Waals surface area contributed by atoms with E-state index in [2.05, 4.69) is 19.2 Å². The molecule has 0 aromatic heterocycles. The Labute approximate surface area is 118 Å². The maximum atomic E-state index is 11.5. The second-order valence-corrected chi connectivity index (χ2v) is 8.63. The Kier molecular flexibility index (Phi) is 4.90. The minimum Gasteiger partial charge on any atom is -0.314 e. The van der Waals surface area contributed by atoms with E-state index in [9.17, 15) is 8.42 Å². The van der Waals surface area contributed by atoms with E-state index in [1.54, 1.807) is 4.31 Å². The largest absolute Gasteiger partial charge is 0.314 e. The van der Waals surface area contributed by atoms with Crippen LogP contribution in [0.4, 0.5) is 0 Å². The van der Waals surface area contributed by atoms with Gasteiger partial charge in [0.1, 0.15) is 0 Å². The van der Waals surface area contributed by atoms with Crippen LogP contribution in [0.3, 0.4) is 0 Å². The van der Waals surface area contributed by atoms with E-state index in [4.69, 9.17) is 0 Å². The number of nitrogens with one attached hydrogen (secondary N) is 1. The summed E-state index contributed by atoms with van der Waals surface area (Å²) in [7, 11) is -2.99. The van der Waals surface area contributed by atoms with Crippen molar-refractivity contribution in [1.29, 1.82) is 0 Å². The molecule has 1 heterocycles. The molecule has 2 rings (SSSR count). The van der Waals surface area contributed by atoms with Crippen molar-refractivity contribution >= 4 is 10.0 Å². The van der Waals surface area contributed by atoms with Crippen molar-refractivity contribution < 1.29 is 8.42 Å². The fourth-order valence-electron chi connectivity index (χ4n) is 3.33. The van der Waals surface area contributed by atoms with Crippen LogP contribution in [0.5, 0.6) is 0 Å². The smallest absolute Gasteiger partial charge is 0.211 e. The predicted molar refractivity (Wildman–Crippen MR) is 78.5 cm³/mol. The molecule has 112 valence electrons. The molecule has 1 aliphatic heterocycles. The Morgan fingerprint density at radius 2 is 1.89 bits per heavy atom. The van der Waals surface area contributed by atoms with Crippen molar-refractivity contribution in [3.63, 3.8) is 0 Å². The molecular formula is C14H28N2O2S. The fraction of sp³-hybridized carbons (Fsp3) is 1.00. The van der Waals surface area contributed by atoms with Crippen molar-refractivity contribution in [2.75, 3.05) is 25.9 Å². The van der Waals surface area contributed by atoms with Crippen molar-refractivity contribution in [3.05, 3.63) is 0 Å². The van der Waals surface area contributed by atoms with Crippen molar-refractivity contribution in [2.45, 2.75) is 45.6 Å². The predicted octanol–water partition coefficient (Wildman–Crippen LogP) is 1.68. The monoisotopic (exact) mass is 288 g/mol. The van der Waals surface area contributed by atoms with Crippen LogP contribution in [0.2, 0.25) is 0 Å². The number of hydrogen-bond acceptors (Lipinski definition) is 3. The van der Waals surface area contributed by atoms with Gasteiger partial charge in [0.25, 0.3) is 0 Å². The quantitative estimate of drug-likeness (QED) is 0.856. The zero-order valence-corrected chi connectivity index (χ0v) is 13.2. The molecule has 4 atom stereocenters. The van der Waals surface area contributed by atoms with Gasteiger partial charge in [0.2, 0.25) is 10.0 Å². The minimum atomic E-state index is -2.99. The van der Waals surface area contributed by atoms with Gasteiger partial charge in [-0.15, -0.1) is 0 Å². The molecule has 0 aromatic rings. The first-order chi connectivity index (χ1) is 8.86. The zero-order valence-electron chi connectivity index (χ0n) is 12.4. The molecule has 1 aliphatic carbocycles. The van der Waals surface area contributed by atoms with Gasteiger partial charge in [-0.3, -0.25) is 0 Å². The molecule has 0 radical (unpaired) electrons. The van der Waals surface area contributed by atoms with Gasteiger partial charge < -0.3 is 5.32 Å². The van der Waals surface area contributed by atoms with Crippen molar-refractivity contribution in [3.8, 4) is 0 Å². The topological polar surface area (TPSA) is 49.4 Å². The Morgan fingerprint density at radius 3 is 2.47 bits per heavy atom. The summed E-state index contributed by atoms with van der Waals surface area (Å²) >= 11 is 0. The molecule has 19 heavy (non-hydrogen) atoms. The number of rotatable bonds is 4. The summed E-state index contributed by atoms with van der Waals surface area (Å²) in [5.74, 6) is 2.15. The van der Waals surface area contributed by atoms with E-state index in [0.717, 1.165) is 24.8 Å². The maximum Gasteiger partial charge on any atom is 0.211 e. The fourth-order valence-corrected chi connectivity index (χ4v) is 4.25. The first-order valence-corrected chi connectivity index (χ1v) is 9.39. The number of hydrogen-bond donors (Lipinski definition) is 1. The first kappa shape index (κ1) is 15.3. The standard InChI is InChI=1S/C14H28N2O2S/c1-11-4-5-14(8-12(11)2)15-9-13-6-7-16(10-13)19(3,17)18/h11-15H,4-10H2,1-3H3. The van der Waals surface area contributed by atoms with Crippen molar-refractivity contribution in [2.24, 2.45) is 17.8 Å². The van der Waals surface area contributed by atoms with Crippen LogP contribution < -0.4 is 5.32 Å². The summed E-state index contributed by atoms with van der Waals surface area (Å²) in [5, 5.41) is 3.67. The molecule has 1 saturated heterocycles. The molecule has 4 nitrogen and oxygen atoms in total.